The van der Waals surface area contributed by atoms with Gasteiger partial charge in [-0.3, -0.25) is 9.69 Å². The normalized spacial score (nSPS) is 22.8. The number of carbonyl (C=O) groups is 1. The quantitative estimate of drug-likeness (QED) is 0.558. The summed E-state index contributed by atoms with van der Waals surface area (Å²) in [6, 6.07) is 13.4. The molecule has 2 aliphatic rings. The minimum absolute atomic E-state index is 0.0654. The molecule has 0 aliphatic carbocycles. The number of nitrogens with zero attached hydrogens (tertiary/aromatic N) is 2. The van der Waals surface area contributed by atoms with E-state index in [1.165, 1.54) is 36.3 Å². The van der Waals surface area contributed by atoms with Gasteiger partial charge in [0.1, 0.15) is 23.9 Å². The number of nitrogens with one attached hydrogen (secondary N) is 1. The first-order valence-corrected chi connectivity index (χ1v) is 11.8. The summed E-state index contributed by atoms with van der Waals surface area (Å²) < 4.78 is 26.0. The number of piperidine rings is 1. The lowest BCUT2D eigenvalue weighted by molar-refractivity contribution is -0.120. The first-order valence-electron chi connectivity index (χ1n) is 11.0. The minimum atomic E-state index is -0.305. The largest absolute Gasteiger partial charge is 0.492 e. The first-order chi connectivity index (χ1) is 15.5. The SMILES string of the molecule is CC(=O)N[C@H]1C[C@H]2CC[C@@H](C1)N2CCOc1ccc(Oc2nc3cc(F)ccc3s2)cc1. The van der Waals surface area contributed by atoms with Crippen LogP contribution in [0.3, 0.4) is 0 Å². The number of carbonyl (C=O) groups excluding carboxylic acids is 1. The van der Waals surface area contributed by atoms with Crippen molar-refractivity contribution in [3.8, 4) is 16.7 Å². The summed E-state index contributed by atoms with van der Waals surface area (Å²) in [5, 5.41) is 3.57. The molecular weight excluding hydrogens is 429 g/mol. The van der Waals surface area contributed by atoms with Crippen LogP contribution in [0.2, 0.25) is 0 Å². The standard InChI is InChI=1S/C24H26FN3O3S/c1-15(29)26-17-13-18-3-4-19(14-17)28(18)10-11-30-20-5-7-21(8-6-20)31-24-27-22-12-16(25)2-9-23(22)32-24/h2,5-9,12,17-19H,3-4,10-11,13-14H2,1H3,(H,26,29)/t17-,18+,19-. The van der Waals surface area contributed by atoms with Crippen LogP contribution in [0.25, 0.3) is 10.2 Å². The molecule has 1 amide bonds. The number of halogens is 1. The van der Waals surface area contributed by atoms with Crippen molar-refractivity contribution in [2.75, 3.05) is 13.2 Å². The number of thiazole rings is 1. The number of benzene rings is 2. The fourth-order valence-corrected chi connectivity index (χ4v) is 5.76. The van der Waals surface area contributed by atoms with E-state index in [1.54, 1.807) is 13.0 Å². The molecule has 2 aromatic carbocycles. The summed E-state index contributed by atoms with van der Waals surface area (Å²) in [7, 11) is 0. The maximum atomic E-state index is 13.3. The van der Waals surface area contributed by atoms with Gasteiger partial charge in [0, 0.05) is 37.7 Å². The molecule has 1 aromatic heterocycles. The number of rotatable bonds is 7. The second-order valence-electron chi connectivity index (χ2n) is 8.51. The van der Waals surface area contributed by atoms with E-state index >= 15 is 0 Å². The zero-order chi connectivity index (χ0) is 22.1. The molecule has 3 atom stereocenters. The summed E-state index contributed by atoms with van der Waals surface area (Å²) in [6.45, 7) is 3.11. The highest BCUT2D eigenvalue weighted by atomic mass is 32.1. The molecule has 0 spiro atoms. The van der Waals surface area contributed by atoms with Crippen LogP contribution in [-0.2, 0) is 4.79 Å². The summed E-state index contributed by atoms with van der Waals surface area (Å²) in [4.78, 5) is 18.2. The highest BCUT2D eigenvalue weighted by Crippen LogP contribution is 2.36. The first kappa shape index (κ1) is 21.2. The van der Waals surface area contributed by atoms with Crippen LogP contribution >= 0.6 is 11.3 Å². The van der Waals surface area contributed by atoms with Gasteiger partial charge >= 0.3 is 0 Å². The number of ether oxygens (including phenoxy) is 2. The lowest BCUT2D eigenvalue weighted by atomic mass is 9.97. The summed E-state index contributed by atoms with van der Waals surface area (Å²) >= 11 is 1.38. The molecule has 2 aliphatic heterocycles. The van der Waals surface area contributed by atoms with Gasteiger partial charge in [-0.15, -0.1) is 0 Å². The minimum Gasteiger partial charge on any atom is -0.492 e. The lowest BCUT2D eigenvalue weighted by Gasteiger charge is -2.39. The van der Waals surface area contributed by atoms with E-state index in [0.717, 1.165) is 29.8 Å². The Hall–Kier alpha value is -2.71. The lowest BCUT2D eigenvalue weighted by Crippen LogP contribution is -2.51. The molecule has 32 heavy (non-hydrogen) atoms. The van der Waals surface area contributed by atoms with Crippen LogP contribution in [0.1, 0.15) is 32.6 Å². The van der Waals surface area contributed by atoms with Crippen molar-refractivity contribution in [3.63, 3.8) is 0 Å². The topological polar surface area (TPSA) is 63.7 Å². The molecule has 2 saturated heterocycles. The Kier molecular flexibility index (Phi) is 5.97. The smallest absolute Gasteiger partial charge is 0.279 e. The zero-order valence-corrected chi connectivity index (χ0v) is 18.7. The average molecular weight is 456 g/mol. The molecular formula is C24H26FN3O3S. The van der Waals surface area contributed by atoms with Crippen LogP contribution in [0.4, 0.5) is 4.39 Å². The van der Waals surface area contributed by atoms with Gasteiger partial charge in [-0.05, 0) is 62.1 Å². The maximum Gasteiger partial charge on any atom is 0.279 e. The van der Waals surface area contributed by atoms with Gasteiger partial charge < -0.3 is 14.8 Å². The van der Waals surface area contributed by atoms with Crippen molar-refractivity contribution in [2.24, 2.45) is 0 Å². The number of hydrogen-bond donors (Lipinski definition) is 1. The number of aromatic nitrogens is 1. The molecule has 5 rings (SSSR count). The van der Waals surface area contributed by atoms with Crippen LogP contribution < -0.4 is 14.8 Å². The van der Waals surface area contributed by atoms with Crippen LogP contribution in [0, 0.1) is 5.82 Å². The summed E-state index contributed by atoms with van der Waals surface area (Å²) in [5.41, 5.74) is 0.597. The molecule has 3 heterocycles. The molecule has 8 heteroatoms. The van der Waals surface area contributed by atoms with Gasteiger partial charge in [-0.25, -0.2) is 9.37 Å². The monoisotopic (exact) mass is 455 g/mol. The van der Waals surface area contributed by atoms with Gasteiger partial charge in [0.2, 0.25) is 5.91 Å². The van der Waals surface area contributed by atoms with Crippen molar-refractivity contribution in [1.82, 2.24) is 15.2 Å². The number of fused-ring (bicyclic) bond motifs is 3. The van der Waals surface area contributed by atoms with E-state index in [-0.39, 0.29) is 11.7 Å². The van der Waals surface area contributed by atoms with Gasteiger partial charge in [0.25, 0.3) is 5.19 Å². The molecule has 3 aromatic rings. The van der Waals surface area contributed by atoms with Crippen molar-refractivity contribution in [2.45, 2.75) is 50.7 Å². The van der Waals surface area contributed by atoms with Gasteiger partial charge in [-0.1, -0.05) is 11.3 Å². The van der Waals surface area contributed by atoms with E-state index in [4.69, 9.17) is 9.47 Å². The van der Waals surface area contributed by atoms with E-state index in [1.807, 2.05) is 24.3 Å². The third kappa shape index (κ3) is 4.71. The highest BCUT2D eigenvalue weighted by molar-refractivity contribution is 7.20. The number of hydrogen-bond acceptors (Lipinski definition) is 6. The van der Waals surface area contributed by atoms with Crippen molar-refractivity contribution in [3.05, 3.63) is 48.3 Å². The molecule has 168 valence electrons. The van der Waals surface area contributed by atoms with E-state index < -0.39 is 0 Å². The van der Waals surface area contributed by atoms with Gasteiger partial charge in [0.15, 0.2) is 0 Å². The highest BCUT2D eigenvalue weighted by Gasteiger charge is 2.40. The Morgan fingerprint density at radius 3 is 2.59 bits per heavy atom. The second-order valence-corrected chi connectivity index (χ2v) is 9.50. The summed E-state index contributed by atoms with van der Waals surface area (Å²) in [6.07, 6.45) is 4.46. The zero-order valence-electron chi connectivity index (χ0n) is 17.9. The third-order valence-electron chi connectivity index (χ3n) is 6.27. The molecule has 0 unspecified atom stereocenters. The van der Waals surface area contributed by atoms with E-state index in [9.17, 15) is 9.18 Å². The molecule has 2 bridgehead atoms. The summed E-state index contributed by atoms with van der Waals surface area (Å²) in [5.74, 6) is 1.22. The fourth-order valence-electron chi connectivity index (χ4n) is 4.94. The van der Waals surface area contributed by atoms with Crippen molar-refractivity contribution >= 4 is 27.5 Å². The number of amides is 1. The van der Waals surface area contributed by atoms with Gasteiger partial charge in [0.05, 0.1) is 10.2 Å². The second kappa shape index (κ2) is 9.03. The predicted octanol–water partition coefficient (Wildman–Crippen LogP) is 4.74. The molecule has 0 radical (unpaired) electrons. The van der Waals surface area contributed by atoms with E-state index in [2.05, 4.69) is 15.2 Å². The Morgan fingerprint density at radius 1 is 1.16 bits per heavy atom. The van der Waals surface area contributed by atoms with Crippen LogP contribution in [0.15, 0.2) is 42.5 Å². The Morgan fingerprint density at radius 2 is 1.88 bits per heavy atom. The van der Waals surface area contributed by atoms with E-state index in [0.29, 0.717) is 41.2 Å². The Balaban J connectivity index is 1.12. The molecule has 2 fully saturated rings. The van der Waals surface area contributed by atoms with Crippen LogP contribution in [-0.4, -0.2) is 47.1 Å². The fraction of sp³-hybridized carbons (Fsp3) is 0.417. The average Bonchev–Trinajstić information content (AvgIpc) is 3.25. The Labute approximate surface area is 190 Å². The third-order valence-corrected chi connectivity index (χ3v) is 7.18. The van der Waals surface area contributed by atoms with Crippen molar-refractivity contribution < 1.29 is 18.7 Å². The predicted molar refractivity (Wildman–Crippen MR) is 122 cm³/mol. The van der Waals surface area contributed by atoms with Gasteiger partial charge in [-0.2, -0.15) is 0 Å². The molecule has 6 nitrogen and oxygen atoms in total. The molecule has 1 N–H and O–H groups in total. The Bertz CT molecular complexity index is 1090. The van der Waals surface area contributed by atoms with Crippen molar-refractivity contribution in [1.29, 1.82) is 0 Å². The maximum absolute atomic E-state index is 13.3. The van der Waals surface area contributed by atoms with Crippen LogP contribution in [0.5, 0.6) is 16.7 Å². The molecule has 0 saturated carbocycles.